The van der Waals surface area contributed by atoms with E-state index in [2.05, 4.69) is 6.92 Å². The average Bonchev–Trinajstić information content (AvgIpc) is 2.54. The molecule has 2 aromatic carbocycles. The van der Waals surface area contributed by atoms with Crippen LogP contribution in [0.4, 0.5) is 0 Å². The Kier molecular flexibility index (Phi) is 7.64. The molecular weight excluding hydrogens is 296 g/mol. The van der Waals surface area contributed by atoms with Gasteiger partial charge in [0.1, 0.15) is 0 Å². The first-order chi connectivity index (χ1) is 10.3. The quantitative estimate of drug-likeness (QED) is 0.888. The normalized spacial score (nSPS) is 9.91. The molecule has 0 aliphatic heterocycles. The lowest BCUT2D eigenvalue weighted by Crippen LogP contribution is -2.35. The number of hydrogen-bond donors (Lipinski definition) is 1. The van der Waals surface area contributed by atoms with E-state index in [0.29, 0.717) is 19.6 Å². The minimum Gasteiger partial charge on any atom is -0.333 e. The molecular formula is C18H23ClN2O. The van der Waals surface area contributed by atoms with Gasteiger partial charge in [-0.25, -0.2) is 0 Å². The third-order valence-electron chi connectivity index (χ3n) is 3.53. The number of benzene rings is 2. The first-order valence-corrected chi connectivity index (χ1v) is 7.37. The lowest BCUT2D eigenvalue weighted by atomic mass is 10.0. The van der Waals surface area contributed by atoms with E-state index in [1.54, 1.807) is 0 Å². The van der Waals surface area contributed by atoms with Gasteiger partial charge in [-0.2, -0.15) is 0 Å². The Labute approximate surface area is 138 Å². The van der Waals surface area contributed by atoms with Gasteiger partial charge >= 0.3 is 0 Å². The van der Waals surface area contributed by atoms with Crippen molar-refractivity contribution in [3.05, 3.63) is 71.3 Å². The molecule has 0 radical (unpaired) electrons. The molecule has 0 atom stereocenters. The van der Waals surface area contributed by atoms with Gasteiger partial charge in [-0.3, -0.25) is 4.79 Å². The summed E-state index contributed by atoms with van der Waals surface area (Å²) in [6.45, 7) is 3.68. The number of rotatable bonds is 6. The molecule has 0 saturated carbocycles. The van der Waals surface area contributed by atoms with Gasteiger partial charge in [0.15, 0.2) is 0 Å². The highest BCUT2D eigenvalue weighted by Gasteiger charge is 2.17. The summed E-state index contributed by atoms with van der Waals surface area (Å²) in [6, 6.07) is 17.8. The number of carbonyl (C=O) groups is 1. The minimum atomic E-state index is 0. The molecule has 0 bridgehead atoms. The van der Waals surface area contributed by atoms with Crippen LogP contribution < -0.4 is 5.73 Å². The zero-order valence-electron chi connectivity index (χ0n) is 12.9. The molecule has 0 aromatic heterocycles. The van der Waals surface area contributed by atoms with Crippen LogP contribution in [0.15, 0.2) is 54.6 Å². The molecule has 0 unspecified atom stereocenters. The van der Waals surface area contributed by atoms with Gasteiger partial charge in [0, 0.05) is 25.2 Å². The molecule has 2 N–H and O–H groups in total. The summed E-state index contributed by atoms with van der Waals surface area (Å²) in [4.78, 5) is 14.6. The zero-order chi connectivity index (χ0) is 15.1. The van der Waals surface area contributed by atoms with Crippen LogP contribution in [-0.2, 0) is 13.0 Å². The Morgan fingerprint density at radius 1 is 1.05 bits per heavy atom. The van der Waals surface area contributed by atoms with Crippen molar-refractivity contribution in [3.63, 3.8) is 0 Å². The van der Waals surface area contributed by atoms with Crippen molar-refractivity contribution in [1.29, 1.82) is 0 Å². The van der Waals surface area contributed by atoms with Crippen LogP contribution >= 0.6 is 12.4 Å². The van der Waals surface area contributed by atoms with E-state index in [9.17, 15) is 4.79 Å². The first kappa shape index (κ1) is 18.2. The van der Waals surface area contributed by atoms with Gasteiger partial charge in [-0.05, 0) is 23.6 Å². The van der Waals surface area contributed by atoms with E-state index in [0.717, 1.165) is 23.1 Å². The van der Waals surface area contributed by atoms with Crippen molar-refractivity contribution in [2.75, 3.05) is 13.1 Å². The number of hydrogen-bond acceptors (Lipinski definition) is 2. The van der Waals surface area contributed by atoms with Crippen LogP contribution in [0.2, 0.25) is 0 Å². The Balaban J connectivity index is 0.00000242. The first-order valence-electron chi connectivity index (χ1n) is 7.37. The van der Waals surface area contributed by atoms with Crippen molar-refractivity contribution in [2.45, 2.75) is 19.9 Å². The molecule has 3 nitrogen and oxygen atoms in total. The topological polar surface area (TPSA) is 46.3 Å². The largest absolute Gasteiger partial charge is 0.333 e. The van der Waals surface area contributed by atoms with Gasteiger partial charge in [-0.1, -0.05) is 55.5 Å². The van der Waals surface area contributed by atoms with Crippen LogP contribution in [0.3, 0.4) is 0 Å². The SMILES string of the molecule is CCc1ccccc1C(=O)N(CCN)Cc1ccccc1.Cl. The number of amides is 1. The summed E-state index contributed by atoms with van der Waals surface area (Å²) in [6.07, 6.45) is 0.851. The highest BCUT2D eigenvalue weighted by Crippen LogP contribution is 2.14. The molecule has 2 rings (SSSR count). The van der Waals surface area contributed by atoms with E-state index in [1.807, 2.05) is 59.5 Å². The molecule has 22 heavy (non-hydrogen) atoms. The molecule has 0 heterocycles. The van der Waals surface area contributed by atoms with E-state index in [-0.39, 0.29) is 18.3 Å². The van der Waals surface area contributed by atoms with E-state index >= 15 is 0 Å². The summed E-state index contributed by atoms with van der Waals surface area (Å²) in [5.74, 6) is 0.0572. The molecule has 0 aliphatic rings. The Bertz CT molecular complexity index is 587. The summed E-state index contributed by atoms with van der Waals surface area (Å²) in [5.41, 5.74) is 8.66. The second kappa shape index (κ2) is 9.23. The van der Waals surface area contributed by atoms with E-state index in [1.165, 1.54) is 0 Å². The van der Waals surface area contributed by atoms with Gasteiger partial charge in [0.25, 0.3) is 5.91 Å². The van der Waals surface area contributed by atoms with Crippen molar-refractivity contribution in [2.24, 2.45) is 5.73 Å². The van der Waals surface area contributed by atoms with Crippen molar-refractivity contribution in [1.82, 2.24) is 4.90 Å². The van der Waals surface area contributed by atoms with Crippen molar-refractivity contribution in [3.8, 4) is 0 Å². The second-order valence-electron chi connectivity index (χ2n) is 5.01. The molecule has 118 valence electrons. The monoisotopic (exact) mass is 318 g/mol. The van der Waals surface area contributed by atoms with Crippen LogP contribution in [0, 0.1) is 0 Å². The number of carbonyl (C=O) groups excluding carboxylic acids is 1. The molecule has 0 aliphatic carbocycles. The summed E-state index contributed by atoms with van der Waals surface area (Å²) < 4.78 is 0. The zero-order valence-corrected chi connectivity index (χ0v) is 13.7. The Morgan fingerprint density at radius 2 is 1.68 bits per heavy atom. The average molecular weight is 319 g/mol. The van der Waals surface area contributed by atoms with Crippen LogP contribution in [0.1, 0.15) is 28.4 Å². The van der Waals surface area contributed by atoms with Crippen molar-refractivity contribution < 1.29 is 4.79 Å². The smallest absolute Gasteiger partial charge is 0.254 e. The summed E-state index contributed by atoms with van der Waals surface area (Å²) >= 11 is 0. The Hall–Kier alpha value is -1.84. The predicted octanol–water partition coefficient (Wildman–Crippen LogP) is 3.27. The van der Waals surface area contributed by atoms with Gasteiger partial charge in [0.05, 0.1) is 0 Å². The fraction of sp³-hybridized carbons (Fsp3) is 0.278. The number of halogens is 1. The lowest BCUT2D eigenvalue weighted by Gasteiger charge is -2.23. The van der Waals surface area contributed by atoms with Crippen molar-refractivity contribution >= 4 is 18.3 Å². The van der Waals surface area contributed by atoms with E-state index in [4.69, 9.17) is 5.73 Å². The molecule has 2 aromatic rings. The van der Waals surface area contributed by atoms with Crippen LogP contribution in [0.25, 0.3) is 0 Å². The fourth-order valence-electron chi connectivity index (χ4n) is 2.42. The minimum absolute atomic E-state index is 0. The third-order valence-corrected chi connectivity index (χ3v) is 3.53. The lowest BCUT2D eigenvalue weighted by molar-refractivity contribution is 0.0747. The number of nitrogens with zero attached hydrogens (tertiary/aromatic N) is 1. The van der Waals surface area contributed by atoms with Gasteiger partial charge in [0.2, 0.25) is 0 Å². The van der Waals surface area contributed by atoms with Crippen LogP contribution in [0.5, 0.6) is 0 Å². The Morgan fingerprint density at radius 3 is 2.32 bits per heavy atom. The second-order valence-corrected chi connectivity index (χ2v) is 5.01. The highest BCUT2D eigenvalue weighted by atomic mass is 35.5. The molecule has 4 heteroatoms. The summed E-state index contributed by atoms with van der Waals surface area (Å²) in [7, 11) is 0. The fourth-order valence-corrected chi connectivity index (χ4v) is 2.42. The molecule has 0 saturated heterocycles. The van der Waals surface area contributed by atoms with Gasteiger partial charge in [-0.15, -0.1) is 12.4 Å². The molecule has 0 spiro atoms. The number of nitrogens with two attached hydrogens (primary N) is 1. The highest BCUT2D eigenvalue weighted by molar-refractivity contribution is 5.95. The predicted molar refractivity (Wildman–Crippen MR) is 93.3 cm³/mol. The maximum absolute atomic E-state index is 12.8. The molecule has 1 amide bonds. The maximum atomic E-state index is 12.8. The number of aryl methyl sites for hydroxylation is 1. The third kappa shape index (κ3) is 4.58. The standard InChI is InChI=1S/C18H22N2O.ClH/c1-2-16-10-6-7-11-17(16)18(21)20(13-12-19)14-15-8-4-3-5-9-15;/h3-11H,2,12-14,19H2,1H3;1H. The molecule has 0 fully saturated rings. The maximum Gasteiger partial charge on any atom is 0.254 e. The van der Waals surface area contributed by atoms with Gasteiger partial charge < -0.3 is 10.6 Å². The van der Waals surface area contributed by atoms with E-state index < -0.39 is 0 Å². The van der Waals surface area contributed by atoms with Crippen LogP contribution in [-0.4, -0.2) is 23.9 Å². The summed E-state index contributed by atoms with van der Waals surface area (Å²) in [5, 5.41) is 0.